The third kappa shape index (κ3) is 2.62. The minimum atomic E-state index is 0.457. The molecule has 0 aromatic heterocycles. The largest absolute Gasteiger partial charge is 0.496 e. The molecule has 0 bridgehead atoms. The molecule has 104 valence electrons. The van der Waals surface area contributed by atoms with Crippen molar-refractivity contribution in [1.82, 2.24) is 4.90 Å². The molecule has 1 spiro atoms. The number of para-hydroxylation sites is 1. The summed E-state index contributed by atoms with van der Waals surface area (Å²) in [4.78, 5) is 2.50. The molecule has 1 aromatic rings. The minimum Gasteiger partial charge on any atom is -0.496 e. The minimum absolute atomic E-state index is 0.457. The zero-order valence-electron chi connectivity index (χ0n) is 11.6. The molecule has 0 radical (unpaired) electrons. The van der Waals surface area contributed by atoms with E-state index in [1.54, 1.807) is 7.11 Å². The zero-order valence-corrected chi connectivity index (χ0v) is 12.4. The van der Waals surface area contributed by atoms with E-state index in [1.165, 1.54) is 25.1 Å². The van der Waals surface area contributed by atoms with Crippen LogP contribution >= 0.6 is 11.8 Å². The third-order valence-corrected chi connectivity index (χ3v) is 5.69. The van der Waals surface area contributed by atoms with Crippen LogP contribution in [0.3, 0.4) is 0 Å². The second-order valence-corrected chi connectivity index (χ2v) is 7.00. The average Bonchev–Trinajstić information content (AvgIpc) is 2.83. The van der Waals surface area contributed by atoms with E-state index < -0.39 is 0 Å². The highest BCUT2D eigenvalue weighted by atomic mass is 32.2. The maximum atomic E-state index is 5.47. The molecule has 3 nitrogen and oxygen atoms in total. The second kappa shape index (κ2) is 5.35. The van der Waals surface area contributed by atoms with E-state index in [2.05, 4.69) is 28.8 Å². The fourth-order valence-electron chi connectivity index (χ4n) is 3.13. The fraction of sp³-hybridized carbons (Fsp3) is 0.600. The van der Waals surface area contributed by atoms with Crippen molar-refractivity contribution < 1.29 is 9.47 Å². The molecule has 4 heteroatoms. The summed E-state index contributed by atoms with van der Waals surface area (Å²) in [6.45, 7) is 3.34. The smallest absolute Gasteiger partial charge is 0.123 e. The van der Waals surface area contributed by atoms with Crippen molar-refractivity contribution in [3.05, 3.63) is 29.8 Å². The number of likely N-dealkylation sites (tertiary alicyclic amines) is 1. The standard InChI is InChI=1S/C15H21NO2S/c1-17-13-7-15(19-9-13)10-16(11-15)8-12-5-3-4-6-14(12)18-2/h3-6,13H,7-11H2,1-2H3/t13-/m0/s1. The second-order valence-electron chi connectivity index (χ2n) is 5.51. The number of hydrogen-bond donors (Lipinski definition) is 0. The van der Waals surface area contributed by atoms with Gasteiger partial charge in [-0.2, -0.15) is 0 Å². The van der Waals surface area contributed by atoms with Gasteiger partial charge in [-0.05, 0) is 12.5 Å². The van der Waals surface area contributed by atoms with E-state index in [0.29, 0.717) is 10.9 Å². The Morgan fingerprint density at radius 3 is 2.79 bits per heavy atom. The predicted molar refractivity (Wildman–Crippen MR) is 78.9 cm³/mol. The SMILES string of the molecule is COc1ccccc1CN1CC2(C[C@H](OC)CS2)C1. The van der Waals surface area contributed by atoms with Crippen LogP contribution in [0.5, 0.6) is 5.75 Å². The van der Waals surface area contributed by atoms with E-state index >= 15 is 0 Å². The number of methoxy groups -OCH3 is 2. The van der Waals surface area contributed by atoms with Gasteiger partial charge in [-0.15, -0.1) is 11.8 Å². The molecule has 3 rings (SSSR count). The Bertz CT molecular complexity index is 446. The number of benzene rings is 1. The predicted octanol–water partition coefficient (Wildman–Crippen LogP) is 2.40. The summed E-state index contributed by atoms with van der Waals surface area (Å²) in [5, 5.41) is 0. The van der Waals surface area contributed by atoms with E-state index in [4.69, 9.17) is 9.47 Å². The first-order valence-corrected chi connectivity index (χ1v) is 7.74. The molecule has 2 aliphatic heterocycles. The maximum Gasteiger partial charge on any atom is 0.123 e. The van der Waals surface area contributed by atoms with Crippen LogP contribution in [0, 0.1) is 0 Å². The fourth-order valence-corrected chi connectivity index (χ4v) is 4.77. The van der Waals surface area contributed by atoms with Gasteiger partial charge < -0.3 is 9.47 Å². The van der Waals surface area contributed by atoms with Crippen molar-refractivity contribution in [3.63, 3.8) is 0 Å². The van der Waals surface area contributed by atoms with Crippen molar-refractivity contribution in [2.45, 2.75) is 23.8 Å². The first-order valence-electron chi connectivity index (χ1n) is 6.76. The Labute approximate surface area is 119 Å². The van der Waals surface area contributed by atoms with Gasteiger partial charge in [0.1, 0.15) is 5.75 Å². The van der Waals surface area contributed by atoms with Gasteiger partial charge in [0.15, 0.2) is 0 Å². The van der Waals surface area contributed by atoms with E-state index in [1.807, 2.05) is 19.2 Å². The van der Waals surface area contributed by atoms with Gasteiger partial charge >= 0.3 is 0 Å². The highest BCUT2D eigenvalue weighted by Crippen LogP contribution is 2.46. The lowest BCUT2D eigenvalue weighted by Crippen LogP contribution is -2.58. The van der Waals surface area contributed by atoms with Crippen molar-refractivity contribution in [1.29, 1.82) is 0 Å². The monoisotopic (exact) mass is 279 g/mol. The molecule has 0 N–H and O–H groups in total. The summed E-state index contributed by atoms with van der Waals surface area (Å²) in [5.74, 6) is 2.15. The Balaban J connectivity index is 1.57. The zero-order chi connectivity index (χ0) is 13.3. The molecule has 2 saturated heterocycles. The number of rotatable bonds is 4. The third-order valence-electron chi connectivity index (χ3n) is 4.12. The van der Waals surface area contributed by atoms with Gasteiger partial charge in [-0.1, -0.05) is 18.2 Å². The molecule has 0 aliphatic carbocycles. The summed E-state index contributed by atoms with van der Waals surface area (Å²) in [5.41, 5.74) is 1.28. The van der Waals surface area contributed by atoms with Crippen LogP contribution in [0.4, 0.5) is 0 Å². The van der Waals surface area contributed by atoms with Crippen LogP contribution in [0.25, 0.3) is 0 Å². The van der Waals surface area contributed by atoms with Crippen LogP contribution in [0.1, 0.15) is 12.0 Å². The van der Waals surface area contributed by atoms with Gasteiger partial charge in [0, 0.05) is 42.8 Å². The van der Waals surface area contributed by atoms with Crippen molar-refractivity contribution in [2.75, 3.05) is 33.1 Å². The lowest BCUT2D eigenvalue weighted by Gasteiger charge is -2.47. The van der Waals surface area contributed by atoms with E-state index in [0.717, 1.165) is 18.0 Å². The highest BCUT2D eigenvalue weighted by molar-refractivity contribution is 8.01. The lowest BCUT2D eigenvalue weighted by molar-refractivity contribution is 0.0627. The molecule has 2 heterocycles. The Morgan fingerprint density at radius 1 is 1.32 bits per heavy atom. The number of ether oxygens (including phenoxy) is 2. The van der Waals surface area contributed by atoms with E-state index in [-0.39, 0.29) is 0 Å². The van der Waals surface area contributed by atoms with Gasteiger partial charge in [0.2, 0.25) is 0 Å². The number of nitrogens with zero attached hydrogens (tertiary/aromatic N) is 1. The quantitative estimate of drug-likeness (QED) is 0.843. The van der Waals surface area contributed by atoms with Crippen molar-refractivity contribution in [3.8, 4) is 5.75 Å². The van der Waals surface area contributed by atoms with Gasteiger partial charge in [0.25, 0.3) is 0 Å². The van der Waals surface area contributed by atoms with Crippen LogP contribution in [-0.2, 0) is 11.3 Å². The Hall–Kier alpha value is -0.710. The first-order chi connectivity index (χ1) is 9.24. The van der Waals surface area contributed by atoms with Crippen LogP contribution in [0.15, 0.2) is 24.3 Å². The van der Waals surface area contributed by atoms with E-state index in [9.17, 15) is 0 Å². The molecule has 1 atom stereocenters. The molecule has 0 saturated carbocycles. The molecule has 1 aromatic carbocycles. The van der Waals surface area contributed by atoms with Gasteiger partial charge in [-0.25, -0.2) is 0 Å². The Kier molecular flexibility index (Phi) is 3.74. The molecule has 2 aliphatic rings. The van der Waals surface area contributed by atoms with Crippen molar-refractivity contribution >= 4 is 11.8 Å². The Morgan fingerprint density at radius 2 is 2.11 bits per heavy atom. The molecule has 19 heavy (non-hydrogen) atoms. The molecule has 0 amide bonds. The first kappa shape index (κ1) is 13.3. The topological polar surface area (TPSA) is 21.7 Å². The molecule has 0 unspecified atom stereocenters. The summed E-state index contributed by atoms with van der Waals surface area (Å²) in [6.07, 6.45) is 1.66. The molecular weight excluding hydrogens is 258 g/mol. The molecule has 2 fully saturated rings. The summed E-state index contributed by atoms with van der Waals surface area (Å²) < 4.78 is 11.3. The summed E-state index contributed by atoms with van der Waals surface area (Å²) in [7, 11) is 3.57. The molecular formula is C15H21NO2S. The normalized spacial score (nSPS) is 25.5. The summed E-state index contributed by atoms with van der Waals surface area (Å²) >= 11 is 2.09. The highest BCUT2D eigenvalue weighted by Gasteiger charge is 2.48. The average molecular weight is 279 g/mol. The van der Waals surface area contributed by atoms with Crippen LogP contribution in [-0.4, -0.2) is 48.8 Å². The van der Waals surface area contributed by atoms with Crippen LogP contribution in [0.2, 0.25) is 0 Å². The van der Waals surface area contributed by atoms with Gasteiger partial charge in [-0.3, -0.25) is 4.90 Å². The maximum absolute atomic E-state index is 5.47. The number of hydrogen-bond acceptors (Lipinski definition) is 4. The summed E-state index contributed by atoms with van der Waals surface area (Å²) in [6, 6.07) is 8.30. The van der Waals surface area contributed by atoms with Crippen molar-refractivity contribution in [2.24, 2.45) is 0 Å². The van der Waals surface area contributed by atoms with Gasteiger partial charge in [0.05, 0.1) is 13.2 Å². The lowest BCUT2D eigenvalue weighted by atomic mass is 9.92. The number of thioether (sulfide) groups is 1. The van der Waals surface area contributed by atoms with Crippen LogP contribution < -0.4 is 4.74 Å².